The zero-order valence-electron chi connectivity index (χ0n) is 48.1. The van der Waals surface area contributed by atoms with Crippen LogP contribution in [0.3, 0.4) is 0 Å². The summed E-state index contributed by atoms with van der Waals surface area (Å²) in [6.45, 7) is 11.9. The van der Waals surface area contributed by atoms with Gasteiger partial charge in [-0.2, -0.15) is 0 Å². The number of carbonyl (C=O) groups is 1. The third kappa shape index (κ3) is 39.2. The number of rotatable bonds is 55. The summed E-state index contributed by atoms with van der Waals surface area (Å²) in [5, 5.41) is 3.40. The normalized spacial score (nSPS) is 12.8. The van der Waals surface area contributed by atoms with Gasteiger partial charge in [0.05, 0.1) is 19.8 Å². The number of benzene rings is 1. The maximum Gasteiger partial charge on any atom is 0.254 e. The van der Waals surface area contributed by atoms with Crippen molar-refractivity contribution in [1.82, 2.24) is 10.2 Å². The second-order valence-corrected chi connectivity index (χ2v) is 22.3. The van der Waals surface area contributed by atoms with Gasteiger partial charge in [0.15, 0.2) is 11.5 Å². The number of ether oxygens (including phenoxy) is 3. The van der Waals surface area contributed by atoms with Crippen molar-refractivity contribution in [3.8, 4) is 17.2 Å². The molecule has 0 spiro atoms. The van der Waals surface area contributed by atoms with Crippen LogP contribution in [-0.2, 0) is 0 Å². The quantitative estimate of drug-likeness (QED) is 0.0659. The van der Waals surface area contributed by atoms with E-state index in [0.717, 1.165) is 45.4 Å². The second kappa shape index (κ2) is 51.5. The standard InChI is InChI=1S/C65H122N2O4/c1-4-7-10-13-16-19-22-25-28-31-34-37-40-43-46-49-56-69-62-59-61(65(68)67-54-52-66-53-55-67)60-63(70-57-50-47-44-41-38-35-32-29-26-23-20-17-14-11-8-5-2)64(62)71-58-51-48-45-42-39-36-33-30-27-24-21-18-15-12-9-6-3/h59-60,66H,4-58H2,1-3H3. The molecule has 1 heterocycles. The molecule has 6 nitrogen and oxygen atoms in total. The van der Waals surface area contributed by atoms with Crippen LogP contribution in [-0.4, -0.2) is 56.8 Å². The molecule has 416 valence electrons. The summed E-state index contributed by atoms with van der Waals surface area (Å²) in [6, 6.07) is 3.92. The molecule has 1 N–H and O–H groups in total. The van der Waals surface area contributed by atoms with Crippen LogP contribution in [0.5, 0.6) is 17.2 Å². The number of hydrogen-bond acceptors (Lipinski definition) is 5. The molecule has 0 aromatic heterocycles. The van der Waals surface area contributed by atoms with Crippen molar-refractivity contribution in [2.24, 2.45) is 0 Å². The lowest BCUT2D eigenvalue weighted by Gasteiger charge is -2.28. The van der Waals surface area contributed by atoms with E-state index in [2.05, 4.69) is 26.1 Å². The minimum atomic E-state index is 0.0652. The van der Waals surface area contributed by atoms with Crippen LogP contribution in [0.1, 0.15) is 339 Å². The van der Waals surface area contributed by atoms with Crippen LogP contribution in [0.4, 0.5) is 0 Å². The van der Waals surface area contributed by atoms with Crippen LogP contribution in [0.25, 0.3) is 0 Å². The van der Waals surface area contributed by atoms with Crippen LogP contribution in [0, 0.1) is 0 Å². The van der Waals surface area contributed by atoms with Crippen molar-refractivity contribution in [3.63, 3.8) is 0 Å². The highest BCUT2D eigenvalue weighted by molar-refractivity contribution is 5.95. The van der Waals surface area contributed by atoms with E-state index in [1.807, 2.05) is 17.0 Å². The summed E-state index contributed by atoms with van der Waals surface area (Å²) in [7, 11) is 0. The molecule has 0 atom stereocenters. The van der Waals surface area contributed by atoms with E-state index < -0.39 is 0 Å². The fourth-order valence-corrected chi connectivity index (χ4v) is 10.6. The molecular weight excluding hydrogens is 873 g/mol. The molecule has 71 heavy (non-hydrogen) atoms. The fourth-order valence-electron chi connectivity index (χ4n) is 10.6. The lowest BCUT2D eigenvalue weighted by Crippen LogP contribution is -2.46. The third-order valence-corrected chi connectivity index (χ3v) is 15.4. The number of nitrogens with zero attached hydrogens (tertiary/aromatic N) is 1. The zero-order valence-corrected chi connectivity index (χ0v) is 48.1. The summed E-state index contributed by atoms with van der Waals surface area (Å²) in [5.74, 6) is 2.14. The molecule has 1 aliphatic heterocycles. The maximum atomic E-state index is 14.0. The van der Waals surface area contributed by atoms with E-state index in [0.29, 0.717) is 42.6 Å². The Bertz CT molecular complexity index is 1210. The summed E-state index contributed by atoms with van der Waals surface area (Å²) < 4.78 is 19.9. The molecule has 0 aliphatic carbocycles. The Morgan fingerprint density at radius 2 is 0.577 bits per heavy atom. The van der Waals surface area contributed by atoms with E-state index in [-0.39, 0.29) is 5.91 Å². The number of unbranched alkanes of at least 4 members (excludes halogenated alkanes) is 45. The van der Waals surface area contributed by atoms with Crippen LogP contribution >= 0.6 is 0 Å². The molecule has 0 bridgehead atoms. The van der Waals surface area contributed by atoms with Crippen molar-refractivity contribution < 1.29 is 19.0 Å². The Balaban J connectivity index is 1.85. The molecule has 2 rings (SSSR count). The fraction of sp³-hybridized carbons (Fsp3) is 0.892. The van der Waals surface area contributed by atoms with Crippen molar-refractivity contribution in [3.05, 3.63) is 17.7 Å². The Morgan fingerprint density at radius 1 is 0.352 bits per heavy atom. The van der Waals surface area contributed by atoms with Crippen molar-refractivity contribution in [1.29, 1.82) is 0 Å². The Morgan fingerprint density at radius 3 is 0.831 bits per heavy atom. The van der Waals surface area contributed by atoms with Crippen molar-refractivity contribution >= 4 is 5.91 Å². The Kier molecular flexibility index (Phi) is 47.3. The molecule has 0 unspecified atom stereocenters. The largest absolute Gasteiger partial charge is 0.490 e. The molecule has 0 saturated carbocycles. The van der Waals surface area contributed by atoms with Gasteiger partial charge in [0.25, 0.3) is 5.91 Å². The van der Waals surface area contributed by atoms with E-state index in [1.54, 1.807) is 0 Å². The van der Waals surface area contributed by atoms with E-state index in [9.17, 15) is 4.79 Å². The predicted molar refractivity (Wildman–Crippen MR) is 310 cm³/mol. The van der Waals surface area contributed by atoms with Gasteiger partial charge in [0.2, 0.25) is 5.75 Å². The summed E-state index contributed by atoms with van der Waals surface area (Å²) >= 11 is 0. The smallest absolute Gasteiger partial charge is 0.254 e. The SMILES string of the molecule is CCCCCCCCCCCCCCCCCCOc1cc(C(=O)N2CCNCC2)cc(OCCCCCCCCCCCCCCCCCC)c1OCCCCCCCCCCCCCCCCCC. The van der Waals surface area contributed by atoms with Gasteiger partial charge in [-0.1, -0.05) is 310 Å². The van der Waals surface area contributed by atoms with Gasteiger partial charge in [0, 0.05) is 31.7 Å². The number of carbonyl (C=O) groups excluding carboxylic acids is 1. The van der Waals surface area contributed by atoms with Gasteiger partial charge in [-0.05, 0) is 31.4 Å². The Hall–Kier alpha value is -1.95. The number of hydrogen-bond donors (Lipinski definition) is 1. The highest BCUT2D eigenvalue weighted by atomic mass is 16.5. The lowest BCUT2D eigenvalue weighted by atomic mass is 10.0. The Labute approximate surface area is 443 Å². The summed E-state index contributed by atoms with van der Waals surface area (Å²) in [6.07, 6.45) is 65.0. The minimum Gasteiger partial charge on any atom is -0.490 e. The summed E-state index contributed by atoms with van der Waals surface area (Å²) in [5.41, 5.74) is 0.658. The van der Waals surface area contributed by atoms with E-state index in [4.69, 9.17) is 14.2 Å². The monoisotopic (exact) mass is 995 g/mol. The number of piperazine rings is 1. The summed E-state index contributed by atoms with van der Waals surface area (Å²) in [4.78, 5) is 15.9. The average molecular weight is 996 g/mol. The van der Waals surface area contributed by atoms with E-state index >= 15 is 0 Å². The van der Waals surface area contributed by atoms with Gasteiger partial charge >= 0.3 is 0 Å². The zero-order chi connectivity index (χ0) is 50.6. The molecule has 1 fully saturated rings. The van der Waals surface area contributed by atoms with Crippen molar-refractivity contribution in [2.75, 3.05) is 46.0 Å². The topological polar surface area (TPSA) is 60.0 Å². The first kappa shape index (κ1) is 65.2. The number of nitrogens with one attached hydrogen (secondary N) is 1. The first-order valence-electron chi connectivity index (χ1n) is 32.3. The van der Waals surface area contributed by atoms with Gasteiger partial charge < -0.3 is 24.4 Å². The molecule has 1 aliphatic rings. The highest BCUT2D eigenvalue weighted by Crippen LogP contribution is 2.40. The molecule has 6 heteroatoms. The van der Waals surface area contributed by atoms with Crippen LogP contribution in [0.15, 0.2) is 12.1 Å². The second-order valence-electron chi connectivity index (χ2n) is 22.3. The first-order valence-corrected chi connectivity index (χ1v) is 32.3. The predicted octanol–water partition coefficient (Wildman–Crippen LogP) is 20.7. The molecular formula is C65H122N2O4. The minimum absolute atomic E-state index is 0.0652. The molecule has 1 aromatic carbocycles. The number of amides is 1. The van der Waals surface area contributed by atoms with Crippen LogP contribution in [0.2, 0.25) is 0 Å². The average Bonchev–Trinajstić information content (AvgIpc) is 3.39. The molecule has 1 amide bonds. The van der Waals surface area contributed by atoms with Crippen molar-refractivity contribution in [2.45, 2.75) is 329 Å². The van der Waals surface area contributed by atoms with Crippen LogP contribution < -0.4 is 19.5 Å². The van der Waals surface area contributed by atoms with Gasteiger partial charge in [-0.3, -0.25) is 4.79 Å². The van der Waals surface area contributed by atoms with E-state index in [1.165, 1.54) is 289 Å². The van der Waals surface area contributed by atoms with Gasteiger partial charge in [-0.15, -0.1) is 0 Å². The molecule has 1 saturated heterocycles. The highest BCUT2D eigenvalue weighted by Gasteiger charge is 2.23. The third-order valence-electron chi connectivity index (χ3n) is 15.4. The lowest BCUT2D eigenvalue weighted by molar-refractivity contribution is 0.0734. The maximum absolute atomic E-state index is 14.0. The van der Waals surface area contributed by atoms with Gasteiger partial charge in [0.1, 0.15) is 0 Å². The molecule has 1 aromatic rings. The molecule has 0 radical (unpaired) electrons. The first-order chi connectivity index (χ1) is 35.2. The van der Waals surface area contributed by atoms with Gasteiger partial charge in [-0.25, -0.2) is 0 Å².